The van der Waals surface area contributed by atoms with Gasteiger partial charge in [-0.2, -0.15) is 0 Å². The molecule has 1 aromatic carbocycles. The Morgan fingerprint density at radius 3 is 2.69 bits per heavy atom. The molecule has 4 aromatic rings. The number of hydrogen-bond acceptors (Lipinski definition) is 7. The van der Waals surface area contributed by atoms with Crippen LogP contribution in [0.3, 0.4) is 0 Å². The van der Waals surface area contributed by atoms with Crippen LogP contribution >= 0.6 is 11.3 Å². The van der Waals surface area contributed by atoms with E-state index in [1.807, 2.05) is 24.0 Å². The molecular formula is C27H31N5O2S. The maximum atomic E-state index is 10.5. The molecule has 0 aliphatic carbocycles. The zero-order valence-electron chi connectivity index (χ0n) is 20.0. The Kier molecular flexibility index (Phi) is 6.06. The van der Waals surface area contributed by atoms with Gasteiger partial charge in [0.1, 0.15) is 10.8 Å². The van der Waals surface area contributed by atoms with Crippen LogP contribution in [0, 0.1) is 0 Å². The molecule has 7 nitrogen and oxygen atoms in total. The lowest BCUT2D eigenvalue weighted by atomic mass is 9.68. The van der Waals surface area contributed by atoms with Crippen LogP contribution < -0.4 is 4.74 Å². The molecule has 3 aromatic heterocycles. The van der Waals surface area contributed by atoms with E-state index in [2.05, 4.69) is 55.1 Å². The van der Waals surface area contributed by atoms with Crippen molar-refractivity contribution in [3.05, 3.63) is 76.1 Å². The number of piperidine rings is 1. The molecule has 0 bridgehead atoms. The van der Waals surface area contributed by atoms with Gasteiger partial charge in [-0.25, -0.2) is 4.98 Å². The van der Waals surface area contributed by atoms with Gasteiger partial charge < -0.3 is 14.8 Å². The number of ether oxygens (including phenoxy) is 1. The average Bonchev–Trinajstić information content (AvgIpc) is 3.54. The molecule has 182 valence electrons. The Morgan fingerprint density at radius 1 is 1.14 bits per heavy atom. The topological polar surface area (TPSA) is 77.5 Å². The predicted molar refractivity (Wildman–Crippen MR) is 138 cm³/mol. The number of H-pyrrole nitrogens is 1. The number of thiazole rings is 1. The summed E-state index contributed by atoms with van der Waals surface area (Å²) in [5, 5.41) is 14.9. The monoisotopic (exact) mass is 489 g/mol. The fraction of sp³-hybridized carbons (Fsp3) is 0.407. The van der Waals surface area contributed by atoms with Gasteiger partial charge in [0.25, 0.3) is 0 Å². The minimum absolute atomic E-state index is 0.0276. The Labute approximate surface area is 209 Å². The van der Waals surface area contributed by atoms with Crippen molar-refractivity contribution in [1.29, 1.82) is 0 Å². The largest absolute Gasteiger partial charge is 0.497 e. The van der Waals surface area contributed by atoms with E-state index in [0.29, 0.717) is 0 Å². The van der Waals surface area contributed by atoms with Crippen LogP contribution in [-0.4, -0.2) is 63.2 Å². The minimum Gasteiger partial charge on any atom is -0.497 e. The average molecular weight is 490 g/mol. The Morgan fingerprint density at radius 2 is 1.97 bits per heavy atom. The third-order valence-electron chi connectivity index (χ3n) is 7.81. The molecule has 5 heterocycles. The molecule has 2 N–H and O–H groups in total. The number of rotatable bonds is 6. The van der Waals surface area contributed by atoms with E-state index in [9.17, 15) is 5.11 Å². The highest BCUT2D eigenvalue weighted by atomic mass is 32.1. The molecule has 0 amide bonds. The molecular weight excluding hydrogens is 458 g/mol. The number of aromatic amines is 1. The first kappa shape index (κ1) is 22.7. The fourth-order valence-corrected chi connectivity index (χ4v) is 6.72. The highest BCUT2D eigenvalue weighted by molar-refractivity contribution is 7.09. The van der Waals surface area contributed by atoms with E-state index < -0.39 is 0 Å². The molecule has 1 atom stereocenters. The molecule has 0 saturated carbocycles. The van der Waals surface area contributed by atoms with Gasteiger partial charge in [-0.1, -0.05) is 0 Å². The normalized spacial score (nSPS) is 20.3. The molecule has 1 fully saturated rings. The van der Waals surface area contributed by atoms with Gasteiger partial charge in [0.2, 0.25) is 0 Å². The van der Waals surface area contributed by atoms with Crippen LogP contribution in [0.4, 0.5) is 0 Å². The maximum Gasteiger partial charge on any atom is 0.120 e. The number of benzene rings is 1. The standard InChI is InChI=1S/C27H31N5O2S/c1-34-20-2-3-21-22(14-20)30-26-23(17-33)32(16-24-29-10-13-35-24)18-27(25(21)26)6-11-31(12-7-27)15-19-4-8-28-9-5-19/h2-5,8-10,13-14,23,30,33H,6-7,11-12,15-18H2,1H3/t23-/m0/s1. The van der Waals surface area contributed by atoms with Crippen LogP contribution in [0.15, 0.2) is 54.3 Å². The Balaban J connectivity index is 1.37. The van der Waals surface area contributed by atoms with Crippen molar-refractivity contribution >= 4 is 22.2 Å². The first-order valence-corrected chi connectivity index (χ1v) is 13.1. The van der Waals surface area contributed by atoms with Gasteiger partial charge >= 0.3 is 0 Å². The maximum absolute atomic E-state index is 10.5. The summed E-state index contributed by atoms with van der Waals surface area (Å²) in [6.07, 6.45) is 7.78. The van der Waals surface area contributed by atoms with Crippen molar-refractivity contribution in [3.63, 3.8) is 0 Å². The van der Waals surface area contributed by atoms with Crippen molar-refractivity contribution < 1.29 is 9.84 Å². The number of aliphatic hydroxyl groups excluding tert-OH is 1. The zero-order chi connectivity index (χ0) is 23.8. The summed E-state index contributed by atoms with van der Waals surface area (Å²) in [4.78, 5) is 17.4. The number of likely N-dealkylation sites (tertiary alicyclic amines) is 1. The third-order valence-corrected chi connectivity index (χ3v) is 8.57. The first-order valence-electron chi connectivity index (χ1n) is 12.2. The molecule has 2 aliphatic heterocycles. The third kappa shape index (κ3) is 4.14. The van der Waals surface area contributed by atoms with Gasteiger partial charge in [0.05, 0.1) is 26.3 Å². The van der Waals surface area contributed by atoms with E-state index in [4.69, 9.17) is 4.74 Å². The number of aromatic nitrogens is 3. The number of methoxy groups -OCH3 is 1. The molecule has 2 aliphatic rings. The van der Waals surface area contributed by atoms with Crippen molar-refractivity contribution in [2.24, 2.45) is 0 Å². The first-order chi connectivity index (χ1) is 17.2. The summed E-state index contributed by atoms with van der Waals surface area (Å²) in [7, 11) is 1.70. The Hall–Kier alpha value is -2.78. The van der Waals surface area contributed by atoms with Crippen molar-refractivity contribution in [1.82, 2.24) is 24.8 Å². The lowest BCUT2D eigenvalue weighted by molar-refractivity contribution is 0.0419. The fourth-order valence-electron chi connectivity index (χ4n) is 6.08. The lowest BCUT2D eigenvalue weighted by Crippen LogP contribution is -2.53. The van der Waals surface area contributed by atoms with E-state index in [1.165, 1.54) is 16.5 Å². The van der Waals surface area contributed by atoms with Gasteiger partial charge in [-0.3, -0.25) is 14.8 Å². The van der Waals surface area contributed by atoms with Crippen molar-refractivity contribution in [2.75, 3.05) is 33.4 Å². The van der Waals surface area contributed by atoms with Gasteiger partial charge in [0, 0.05) is 65.1 Å². The smallest absolute Gasteiger partial charge is 0.120 e. The second-order valence-corrected chi connectivity index (χ2v) is 10.7. The van der Waals surface area contributed by atoms with E-state index in [1.54, 1.807) is 18.4 Å². The van der Waals surface area contributed by atoms with Crippen molar-refractivity contribution in [3.8, 4) is 5.75 Å². The molecule has 35 heavy (non-hydrogen) atoms. The molecule has 8 heteroatoms. The second-order valence-electron chi connectivity index (χ2n) is 9.77. The number of pyridine rings is 1. The van der Waals surface area contributed by atoms with Gasteiger partial charge in [-0.05, 0) is 61.3 Å². The highest BCUT2D eigenvalue weighted by Gasteiger charge is 2.47. The predicted octanol–water partition coefficient (Wildman–Crippen LogP) is 4.11. The van der Waals surface area contributed by atoms with Gasteiger partial charge in [-0.15, -0.1) is 11.3 Å². The number of nitrogens with one attached hydrogen (secondary N) is 1. The van der Waals surface area contributed by atoms with Crippen LogP contribution in [0.1, 0.15) is 40.7 Å². The molecule has 1 spiro atoms. The number of nitrogens with zero attached hydrogens (tertiary/aromatic N) is 4. The van der Waals surface area contributed by atoms with Crippen LogP contribution in [0.25, 0.3) is 10.9 Å². The SMILES string of the molecule is COc1ccc2c3c([nH]c2c1)[C@H](CO)N(Cc1nccs1)CC31CCN(Cc2ccncc2)CC1. The Bertz CT molecular complexity index is 1280. The van der Waals surface area contributed by atoms with E-state index in [-0.39, 0.29) is 18.1 Å². The summed E-state index contributed by atoms with van der Waals surface area (Å²) in [6.45, 7) is 4.79. The van der Waals surface area contributed by atoms with Crippen LogP contribution in [0.5, 0.6) is 5.75 Å². The summed E-state index contributed by atoms with van der Waals surface area (Å²) in [5.74, 6) is 0.845. The highest BCUT2D eigenvalue weighted by Crippen LogP contribution is 2.49. The summed E-state index contributed by atoms with van der Waals surface area (Å²) >= 11 is 1.68. The summed E-state index contributed by atoms with van der Waals surface area (Å²) < 4.78 is 5.51. The molecule has 0 unspecified atom stereocenters. The number of fused-ring (bicyclic) bond motifs is 4. The summed E-state index contributed by atoms with van der Waals surface area (Å²) in [5.41, 5.74) is 4.97. The van der Waals surface area contributed by atoms with Crippen LogP contribution in [0.2, 0.25) is 0 Å². The molecule has 6 rings (SSSR count). The molecule has 0 radical (unpaired) electrons. The summed E-state index contributed by atoms with van der Waals surface area (Å²) in [6, 6.07) is 10.5. The van der Waals surface area contributed by atoms with Crippen LogP contribution in [-0.2, 0) is 18.5 Å². The second kappa shape index (κ2) is 9.35. The van der Waals surface area contributed by atoms with Gasteiger partial charge in [0.15, 0.2) is 0 Å². The lowest BCUT2D eigenvalue weighted by Gasteiger charge is -2.50. The zero-order valence-corrected chi connectivity index (χ0v) is 20.8. The number of hydrogen-bond donors (Lipinski definition) is 2. The minimum atomic E-state index is -0.0761. The number of aliphatic hydroxyl groups is 1. The van der Waals surface area contributed by atoms with Crippen molar-refractivity contribution in [2.45, 2.75) is 37.4 Å². The van der Waals surface area contributed by atoms with E-state index >= 15 is 0 Å². The quantitative estimate of drug-likeness (QED) is 0.425. The molecule has 1 saturated heterocycles. The van der Waals surface area contributed by atoms with E-state index in [0.717, 1.165) is 67.5 Å².